The quantitative estimate of drug-likeness (QED) is 0.794. The number of esters is 1. The van der Waals surface area contributed by atoms with Gasteiger partial charge in [0.1, 0.15) is 0 Å². The summed E-state index contributed by atoms with van der Waals surface area (Å²) in [5.41, 5.74) is 0.685. The maximum absolute atomic E-state index is 11.9. The molecule has 0 spiro atoms. The number of hydrogen-bond acceptors (Lipinski definition) is 3. The maximum Gasteiger partial charge on any atom is 0.315 e. The molecule has 0 aromatic heterocycles. The number of nitrogens with one attached hydrogen (secondary N) is 2. The molecule has 0 unspecified atom stereocenters. The zero-order valence-electron chi connectivity index (χ0n) is 12.5. The van der Waals surface area contributed by atoms with E-state index in [9.17, 15) is 9.59 Å². The number of urea groups is 1. The third-order valence-corrected chi connectivity index (χ3v) is 3.20. The first-order chi connectivity index (χ1) is 9.93. The molecule has 21 heavy (non-hydrogen) atoms. The Labute approximate surface area is 130 Å². The second-order valence-corrected chi connectivity index (χ2v) is 5.51. The highest BCUT2D eigenvalue weighted by atomic mass is 35.5. The molecule has 2 amide bonds. The lowest BCUT2D eigenvalue weighted by Crippen LogP contribution is -2.40. The van der Waals surface area contributed by atoms with Crippen LogP contribution in [0.1, 0.15) is 31.9 Å². The largest absolute Gasteiger partial charge is 0.469 e. The number of carbonyl (C=O) groups is 2. The number of carbonyl (C=O) groups excluding carboxylic acids is 2. The highest BCUT2D eigenvalue weighted by Gasteiger charge is 2.20. The average Bonchev–Trinajstić information content (AvgIpc) is 2.44. The van der Waals surface area contributed by atoms with E-state index in [1.54, 1.807) is 24.3 Å². The van der Waals surface area contributed by atoms with E-state index in [1.807, 2.05) is 13.8 Å². The van der Waals surface area contributed by atoms with Gasteiger partial charge in [0.15, 0.2) is 0 Å². The standard InChI is InChI=1S/C15H21ClN2O3/c1-10(2)9-17-15(20)18-13(8-14(19)21-3)11-6-4-5-7-12(11)16/h4-7,10,13H,8-9H2,1-3H3,(H2,17,18,20)/t13-/m1/s1. The van der Waals surface area contributed by atoms with Crippen molar-refractivity contribution < 1.29 is 14.3 Å². The fourth-order valence-electron chi connectivity index (χ4n) is 1.75. The topological polar surface area (TPSA) is 67.4 Å². The van der Waals surface area contributed by atoms with Gasteiger partial charge in [-0.25, -0.2) is 4.79 Å². The van der Waals surface area contributed by atoms with E-state index >= 15 is 0 Å². The smallest absolute Gasteiger partial charge is 0.315 e. The Morgan fingerprint density at radius 2 is 1.95 bits per heavy atom. The molecular weight excluding hydrogens is 292 g/mol. The van der Waals surface area contributed by atoms with E-state index in [0.29, 0.717) is 23.0 Å². The van der Waals surface area contributed by atoms with E-state index in [1.165, 1.54) is 7.11 Å². The van der Waals surface area contributed by atoms with Crippen molar-refractivity contribution in [2.75, 3.05) is 13.7 Å². The fraction of sp³-hybridized carbons (Fsp3) is 0.467. The predicted molar refractivity (Wildman–Crippen MR) is 82.2 cm³/mol. The SMILES string of the molecule is COC(=O)C[C@@H](NC(=O)NCC(C)C)c1ccccc1Cl. The van der Waals surface area contributed by atoms with Crippen LogP contribution in [0.4, 0.5) is 4.79 Å². The molecule has 0 aliphatic rings. The minimum absolute atomic E-state index is 0.0231. The summed E-state index contributed by atoms with van der Waals surface area (Å²) in [6.07, 6.45) is 0.0231. The van der Waals surface area contributed by atoms with Gasteiger partial charge in [-0.1, -0.05) is 43.6 Å². The molecule has 0 bridgehead atoms. The molecule has 0 heterocycles. The van der Waals surface area contributed by atoms with E-state index in [-0.39, 0.29) is 12.5 Å². The lowest BCUT2D eigenvalue weighted by Gasteiger charge is -2.20. The molecule has 5 nitrogen and oxygen atoms in total. The highest BCUT2D eigenvalue weighted by Crippen LogP contribution is 2.25. The normalized spacial score (nSPS) is 11.9. The number of halogens is 1. The maximum atomic E-state index is 11.9. The van der Waals surface area contributed by atoms with Crippen molar-refractivity contribution in [3.05, 3.63) is 34.9 Å². The first-order valence-corrected chi connectivity index (χ1v) is 7.17. The minimum atomic E-state index is -0.529. The van der Waals surface area contributed by atoms with E-state index in [4.69, 9.17) is 11.6 Å². The first-order valence-electron chi connectivity index (χ1n) is 6.79. The van der Waals surface area contributed by atoms with Gasteiger partial charge < -0.3 is 15.4 Å². The number of amides is 2. The summed E-state index contributed by atoms with van der Waals surface area (Å²) < 4.78 is 4.67. The van der Waals surface area contributed by atoms with Crippen LogP contribution in [0.2, 0.25) is 5.02 Å². The Kier molecular flexibility index (Phi) is 7.02. The molecule has 1 rings (SSSR count). The molecule has 1 aromatic carbocycles. The minimum Gasteiger partial charge on any atom is -0.469 e. The molecule has 0 aliphatic carbocycles. The molecule has 6 heteroatoms. The number of methoxy groups -OCH3 is 1. The third kappa shape index (κ3) is 6.04. The Balaban J connectivity index is 2.80. The lowest BCUT2D eigenvalue weighted by molar-refractivity contribution is -0.141. The fourth-order valence-corrected chi connectivity index (χ4v) is 2.02. The zero-order valence-corrected chi connectivity index (χ0v) is 13.2. The van der Waals surface area contributed by atoms with Gasteiger partial charge in [-0.15, -0.1) is 0 Å². The average molecular weight is 313 g/mol. The van der Waals surface area contributed by atoms with Crippen molar-refractivity contribution in [2.45, 2.75) is 26.3 Å². The first kappa shape index (κ1) is 17.3. The van der Waals surface area contributed by atoms with Crippen molar-refractivity contribution in [2.24, 2.45) is 5.92 Å². The lowest BCUT2D eigenvalue weighted by atomic mass is 10.0. The van der Waals surface area contributed by atoms with Crippen molar-refractivity contribution in [1.82, 2.24) is 10.6 Å². The summed E-state index contributed by atoms with van der Waals surface area (Å²) >= 11 is 6.13. The van der Waals surface area contributed by atoms with E-state index in [0.717, 1.165) is 0 Å². The van der Waals surface area contributed by atoms with Crippen molar-refractivity contribution in [1.29, 1.82) is 0 Å². The molecule has 0 fully saturated rings. The second kappa shape index (κ2) is 8.52. The highest BCUT2D eigenvalue weighted by molar-refractivity contribution is 6.31. The van der Waals surface area contributed by atoms with E-state index < -0.39 is 12.0 Å². The number of rotatable bonds is 6. The Hall–Kier alpha value is -1.75. The van der Waals surface area contributed by atoms with Crippen molar-refractivity contribution in [3.63, 3.8) is 0 Å². The summed E-state index contributed by atoms with van der Waals surface area (Å²) in [7, 11) is 1.31. The van der Waals surface area contributed by atoms with Crippen LogP contribution in [0.25, 0.3) is 0 Å². The van der Waals surface area contributed by atoms with E-state index in [2.05, 4.69) is 15.4 Å². The summed E-state index contributed by atoms with van der Waals surface area (Å²) in [5, 5.41) is 6.00. The Morgan fingerprint density at radius 1 is 1.29 bits per heavy atom. The van der Waals surface area contributed by atoms with Crippen LogP contribution in [0.5, 0.6) is 0 Å². The molecule has 0 radical (unpaired) electrons. The van der Waals surface area contributed by atoms with Gasteiger partial charge in [0.05, 0.1) is 19.6 Å². The molecular formula is C15H21ClN2O3. The van der Waals surface area contributed by atoms with Crippen LogP contribution in [0.3, 0.4) is 0 Å². The van der Waals surface area contributed by atoms with Gasteiger partial charge in [-0.2, -0.15) is 0 Å². The van der Waals surface area contributed by atoms with Crippen LogP contribution in [0, 0.1) is 5.92 Å². The molecule has 1 atom stereocenters. The molecule has 116 valence electrons. The molecule has 0 saturated heterocycles. The molecule has 0 saturated carbocycles. The number of ether oxygens (including phenoxy) is 1. The number of hydrogen-bond donors (Lipinski definition) is 2. The second-order valence-electron chi connectivity index (χ2n) is 5.10. The third-order valence-electron chi connectivity index (χ3n) is 2.86. The van der Waals surface area contributed by atoms with Crippen LogP contribution >= 0.6 is 11.6 Å². The predicted octanol–water partition coefficient (Wildman–Crippen LogP) is 2.90. The van der Waals surface area contributed by atoms with Gasteiger partial charge >= 0.3 is 12.0 Å². The summed E-state index contributed by atoms with van der Waals surface area (Å²) in [5.74, 6) is -0.0702. The van der Waals surface area contributed by atoms with Crippen LogP contribution in [0.15, 0.2) is 24.3 Å². The van der Waals surface area contributed by atoms with Crippen molar-refractivity contribution >= 4 is 23.6 Å². The molecule has 0 aliphatic heterocycles. The summed E-state index contributed by atoms with van der Waals surface area (Å²) in [4.78, 5) is 23.4. The summed E-state index contributed by atoms with van der Waals surface area (Å²) in [6.45, 7) is 4.56. The van der Waals surface area contributed by atoms with Gasteiger partial charge in [0.25, 0.3) is 0 Å². The van der Waals surface area contributed by atoms with Gasteiger partial charge in [-0.05, 0) is 17.5 Å². The zero-order chi connectivity index (χ0) is 15.8. The number of benzene rings is 1. The summed E-state index contributed by atoms with van der Waals surface area (Å²) in [6, 6.07) is 6.22. The Bertz CT molecular complexity index is 492. The van der Waals surface area contributed by atoms with Crippen LogP contribution < -0.4 is 10.6 Å². The van der Waals surface area contributed by atoms with Crippen LogP contribution in [-0.4, -0.2) is 25.7 Å². The van der Waals surface area contributed by atoms with Crippen LogP contribution in [-0.2, 0) is 9.53 Å². The monoisotopic (exact) mass is 312 g/mol. The molecule has 2 N–H and O–H groups in total. The van der Waals surface area contributed by atoms with Gasteiger partial charge in [0.2, 0.25) is 0 Å². The van der Waals surface area contributed by atoms with Crippen molar-refractivity contribution in [3.8, 4) is 0 Å². The van der Waals surface area contributed by atoms with Gasteiger partial charge in [0, 0.05) is 11.6 Å². The Morgan fingerprint density at radius 3 is 2.52 bits per heavy atom. The van der Waals surface area contributed by atoms with Gasteiger partial charge in [-0.3, -0.25) is 4.79 Å². The molecule has 1 aromatic rings.